The fourth-order valence-electron chi connectivity index (χ4n) is 1.11. The molecule has 0 spiro atoms. The number of hydrogen-bond donors (Lipinski definition) is 1. The minimum Gasteiger partial charge on any atom is -0.479 e. The van der Waals surface area contributed by atoms with Gasteiger partial charge in [-0.3, -0.25) is 4.79 Å². The summed E-state index contributed by atoms with van der Waals surface area (Å²) in [5.41, 5.74) is 2.37. The van der Waals surface area contributed by atoms with Gasteiger partial charge in [0.25, 0.3) is 5.91 Å². The molecule has 1 N–H and O–H groups in total. The number of benzene rings is 1. The third-order valence-electron chi connectivity index (χ3n) is 2.02. The monoisotopic (exact) mass is 288 g/mol. The van der Waals surface area contributed by atoms with Gasteiger partial charge in [-0.1, -0.05) is 30.1 Å². The van der Waals surface area contributed by atoms with E-state index in [9.17, 15) is 4.79 Å². The molecule has 1 amide bonds. The average Bonchev–Trinajstić information content (AvgIpc) is 2.32. The van der Waals surface area contributed by atoms with E-state index in [0.717, 1.165) is 6.42 Å². The van der Waals surface area contributed by atoms with Gasteiger partial charge in [0.2, 0.25) is 0 Å². The summed E-state index contributed by atoms with van der Waals surface area (Å²) in [6, 6.07) is 4.81. The lowest BCUT2D eigenvalue weighted by Gasteiger charge is -2.14. The van der Waals surface area contributed by atoms with Crippen LogP contribution in [0.15, 0.2) is 23.3 Å². The summed E-state index contributed by atoms with van der Waals surface area (Å²) < 4.78 is 5.42. The van der Waals surface area contributed by atoms with Crippen LogP contribution in [0.2, 0.25) is 10.0 Å². The van der Waals surface area contributed by atoms with Crippen LogP contribution in [0.25, 0.3) is 0 Å². The fraction of sp³-hybridized carbons (Fsp3) is 0.333. The van der Waals surface area contributed by atoms with Gasteiger partial charge in [0.05, 0.1) is 5.02 Å². The Kier molecular flexibility index (Phi) is 5.95. The van der Waals surface area contributed by atoms with E-state index in [0.29, 0.717) is 15.8 Å². The van der Waals surface area contributed by atoms with Gasteiger partial charge in [0.1, 0.15) is 5.75 Å². The first-order chi connectivity index (χ1) is 8.54. The van der Waals surface area contributed by atoms with Gasteiger partial charge in [0, 0.05) is 11.2 Å². The molecular formula is C12H14Cl2N2O2. The standard InChI is InChI=1S/C12H14Cl2N2O2/c1-3-6-15-16-12(17)8(2)18-11-5-4-9(13)7-10(11)14/h4-8H,3H2,1-2H3,(H,16,17)/b15-6+. The molecule has 0 radical (unpaired) electrons. The van der Waals surface area contributed by atoms with E-state index in [2.05, 4.69) is 10.5 Å². The summed E-state index contributed by atoms with van der Waals surface area (Å²) in [6.45, 7) is 3.53. The molecular weight excluding hydrogens is 275 g/mol. The molecule has 0 saturated carbocycles. The molecule has 0 aliphatic rings. The highest BCUT2D eigenvalue weighted by Gasteiger charge is 2.15. The van der Waals surface area contributed by atoms with E-state index in [1.807, 2.05) is 6.92 Å². The zero-order valence-electron chi connectivity index (χ0n) is 10.1. The molecule has 4 nitrogen and oxygen atoms in total. The SMILES string of the molecule is CC/C=N/NC(=O)C(C)Oc1ccc(Cl)cc1Cl. The summed E-state index contributed by atoms with van der Waals surface area (Å²) >= 11 is 11.7. The quantitative estimate of drug-likeness (QED) is 0.668. The molecule has 0 bridgehead atoms. The summed E-state index contributed by atoms with van der Waals surface area (Å²) in [7, 11) is 0. The predicted octanol–water partition coefficient (Wildman–Crippen LogP) is 3.27. The minimum absolute atomic E-state index is 0.342. The van der Waals surface area contributed by atoms with Gasteiger partial charge in [-0.2, -0.15) is 5.10 Å². The maximum absolute atomic E-state index is 11.6. The summed E-state index contributed by atoms with van der Waals surface area (Å²) in [5, 5.41) is 4.60. The van der Waals surface area contributed by atoms with Crippen LogP contribution in [0, 0.1) is 0 Å². The molecule has 98 valence electrons. The molecule has 1 unspecified atom stereocenters. The van der Waals surface area contributed by atoms with Crippen molar-refractivity contribution in [3.05, 3.63) is 28.2 Å². The molecule has 1 rings (SSSR count). The van der Waals surface area contributed by atoms with Crippen molar-refractivity contribution in [1.82, 2.24) is 5.43 Å². The van der Waals surface area contributed by atoms with Crippen molar-refractivity contribution in [2.24, 2.45) is 5.10 Å². The second kappa shape index (κ2) is 7.24. The van der Waals surface area contributed by atoms with Crippen LogP contribution in [0.1, 0.15) is 20.3 Å². The molecule has 0 aliphatic carbocycles. The van der Waals surface area contributed by atoms with Crippen LogP contribution < -0.4 is 10.2 Å². The van der Waals surface area contributed by atoms with Crippen molar-refractivity contribution in [1.29, 1.82) is 0 Å². The molecule has 18 heavy (non-hydrogen) atoms. The van der Waals surface area contributed by atoms with E-state index in [4.69, 9.17) is 27.9 Å². The van der Waals surface area contributed by atoms with Crippen LogP contribution in [-0.2, 0) is 4.79 Å². The van der Waals surface area contributed by atoms with Crippen LogP contribution in [0.4, 0.5) is 0 Å². The van der Waals surface area contributed by atoms with Crippen molar-refractivity contribution < 1.29 is 9.53 Å². The van der Waals surface area contributed by atoms with E-state index in [-0.39, 0.29) is 5.91 Å². The van der Waals surface area contributed by atoms with Gasteiger partial charge in [-0.05, 0) is 31.5 Å². The van der Waals surface area contributed by atoms with Crippen LogP contribution in [0.5, 0.6) is 5.75 Å². The number of hydrogen-bond acceptors (Lipinski definition) is 3. The Morgan fingerprint density at radius 1 is 1.56 bits per heavy atom. The number of ether oxygens (including phenoxy) is 1. The van der Waals surface area contributed by atoms with Gasteiger partial charge in [-0.25, -0.2) is 5.43 Å². The lowest BCUT2D eigenvalue weighted by Crippen LogP contribution is -2.33. The first-order valence-electron chi connectivity index (χ1n) is 5.47. The molecule has 0 aromatic heterocycles. The van der Waals surface area contributed by atoms with Crippen LogP contribution >= 0.6 is 23.2 Å². The van der Waals surface area contributed by atoms with E-state index in [1.165, 1.54) is 0 Å². The fourth-order valence-corrected chi connectivity index (χ4v) is 1.56. The summed E-state index contributed by atoms with van der Waals surface area (Å²) in [4.78, 5) is 11.6. The highest BCUT2D eigenvalue weighted by molar-refractivity contribution is 6.35. The van der Waals surface area contributed by atoms with Crippen molar-refractivity contribution in [3.63, 3.8) is 0 Å². The second-order valence-corrected chi connectivity index (χ2v) is 4.37. The maximum Gasteiger partial charge on any atom is 0.280 e. The van der Waals surface area contributed by atoms with Crippen molar-refractivity contribution >= 4 is 35.3 Å². The molecule has 0 saturated heterocycles. The largest absolute Gasteiger partial charge is 0.479 e. The third-order valence-corrected chi connectivity index (χ3v) is 2.55. The second-order valence-electron chi connectivity index (χ2n) is 3.53. The smallest absolute Gasteiger partial charge is 0.280 e. The third kappa shape index (κ3) is 4.55. The normalized spacial score (nSPS) is 12.4. The number of carbonyl (C=O) groups excluding carboxylic acids is 1. The van der Waals surface area contributed by atoms with Crippen molar-refractivity contribution in [2.75, 3.05) is 0 Å². The number of carbonyl (C=O) groups is 1. The molecule has 0 heterocycles. The van der Waals surface area contributed by atoms with Gasteiger partial charge in [-0.15, -0.1) is 0 Å². The lowest BCUT2D eigenvalue weighted by atomic mass is 10.3. The number of halogens is 2. The molecule has 1 atom stereocenters. The molecule has 1 aromatic carbocycles. The van der Waals surface area contributed by atoms with E-state index in [1.54, 1.807) is 31.3 Å². The molecule has 6 heteroatoms. The van der Waals surface area contributed by atoms with Crippen molar-refractivity contribution in [2.45, 2.75) is 26.4 Å². The predicted molar refractivity (Wildman–Crippen MR) is 73.5 cm³/mol. The maximum atomic E-state index is 11.6. The zero-order valence-corrected chi connectivity index (χ0v) is 11.6. The van der Waals surface area contributed by atoms with Crippen LogP contribution in [0.3, 0.4) is 0 Å². The van der Waals surface area contributed by atoms with Gasteiger partial charge in [0.15, 0.2) is 6.10 Å². The van der Waals surface area contributed by atoms with E-state index < -0.39 is 6.10 Å². The van der Waals surface area contributed by atoms with Crippen LogP contribution in [-0.4, -0.2) is 18.2 Å². The number of nitrogens with zero attached hydrogens (tertiary/aromatic N) is 1. The topological polar surface area (TPSA) is 50.7 Å². The Morgan fingerprint density at radius 2 is 2.28 bits per heavy atom. The first-order valence-corrected chi connectivity index (χ1v) is 6.23. The highest BCUT2D eigenvalue weighted by atomic mass is 35.5. The first kappa shape index (κ1) is 14.8. The number of nitrogens with one attached hydrogen (secondary N) is 1. The number of amides is 1. The average molecular weight is 289 g/mol. The molecule has 0 fully saturated rings. The van der Waals surface area contributed by atoms with Gasteiger partial charge < -0.3 is 4.74 Å². The Bertz CT molecular complexity index is 450. The Hall–Kier alpha value is -1.26. The van der Waals surface area contributed by atoms with E-state index >= 15 is 0 Å². The number of rotatable bonds is 5. The molecule has 1 aromatic rings. The lowest BCUT2D eigenvalue weighted by molar-refractivity contribution is -0.127. The van der Waals surface area contributed by atoms with Gasteiger partial charge >= 0.3 is 0 Å². The molecule has 0 aliphatic heterocycles. The Labute approximate surface area is 116 Å². The Morgan fingerprint density at radius 3 is 2.89 bits per heavy atom. The highest BCUT2D eigenvalue weighted by Crippen LogP contribution is 2.28. The summed E-state index contributed by atoms with van der Waals surface area (Å²) in [5.74, 6) is 0.0638. The Balaban J connectivity index is 2.60. The van der Waals surface area contributed by atoms with Crippen molar-refractivity contribution in [3.8, 4) is 5.75 Å². The zero-order chi connectivity index (χ0) is 13.5. The minimum atomic E-state index is -0.697. The number of hydrazone groups is 1. The summed E-state index contributed by atoms with van der Waals surface area (Å²) in [6.07, 6.45) is 1.65.